The minimum Gasteiger partial charge on any atom is -0.325 e. The normalized spacial score (nSPS) is 16.1. The molecule has 3 rings (SSSR count). The zero-order valence-corrected chi connectivity index (χ0v) is 14.4. The minimum atomic E-state index is -1.09. The van der Waals surface area contributed by atoms with Gasteiger partial charge in [0, 0.05) is 11.4 Å². The van der Waals surface area contributed by atoms with Crippen molar-refractivity contribution in [3.05, 3.63) is 59.7 Å². The Morgan fingerprint density at radius 1 is 1.00 bits per heavy atom. The molecule has 0 radical (unpaired) electrons. The smallest absolute Gasteiger partial charge is 0.292 e. The molecule has 0 fully saturated rings. The van der Waals surface area contributed by atoms with Gasteiger partial charge in [0.2, 0.25) is 11.7 Å². The lowest BCUT2D eigenvalue weighted by Gasteiger charge is -2.19. The molecule has 128 valence electrons. The summed E-state index contributed by atoms with van der Waals surface area (Å²) in [6.07, 6.45) is 0. The second-order valence-electron chi connectivity index (χ2n) is 7.16. The van der Waals surface area contributed by atoms with Crippen molar-refractivity contribution in [2.75, 3.05) is 10.6 Å². The fraction of sp³-hybridized carbons (Fsp3) is 0.250. The van der Waals surface area contributed by atoms with Gasteiger partial charge in [-0.05, 0) is 34.7 Å². The van der Waals surface area contributed by atoms with Crippen LogP contribution < -0.4 is 10.6 Å². The first kappa shape index (κ1) is 16.9. The summed E-state index contributed by atoms with van der Waals surface area (Å²) >= 11 is 0. The lowest BCUT2D eigenvalue weighted by atomic mass is 9.87. The van der Waals surface area contributed by atoms with E-state index in [1.54, 1.807) is 36.4 Å². The molecule has 1 atom stereocenters. The number of fused-ring (bicyclic) bond motifs is 1. The average molecular weight is 336 g/mol. The number of hydrogen-bond acceptors (Lipinski definition) is 3. The van der Waals surface area contributed by atoms with Crippen molar-refractivity contribution in [2.24, 2.45) is 0 Å². The summed E-state index contributed by atoms with van der Waals surface area (Å²) < 4.78 is 0. The number of carbonyl (C=O) groups excluding carboxylic acids is 3. The number of nitrogens with one attached hydrogen (secondary N) is 2. The summed E-state index contributed by atoms with van der Waals surface area (Å²) in [4.78, 5) is 36.8. The fourth-order valence-electron chi connectivity index (χ4n) is 2.85. The fourth-order valence-corrected chi connectivity index (χ4v) is 2.85. The number of rotatable bonds is 3. The van der Waals surface area contributed by atoms with Crippen molar-refractivity contribution in [3.63, 3.8) is 0 Å². The van der Waals surface area contributed by atoms with Crippen LogP contribution in [0, 0.1) is 0 Å². The quantitative estimate of drug-likeness (QED) is 0.667. The van der Waals surface area contributed by atoms with E-state index in [4.69, 9.17) is 0 Å². The Kier molecular flexibility index (Phi) is 4.17. The van der Waals surface area contributed by atoms with Gasteiger partial charge in [0.25, 0.3) is 5.91 Å². The Hall–Kier alpha value is -2.95. The first-order valence-electron chi connectivity index (χ1n) is 8.13. The van der Waals surface area contributed by atoms with Gasteiger partial charge in [-0.1, -0.05) is 51.1 Å². The standard InChI is InChI=1S/C20H20N2O3/c1-20(2,3)12-8-10-13(11-9-12)21-19(25)17(23)16-14-6-4-5-7-15(14)22-18(16)24/h4-11,16H,1-3H3,(H,21,25)(H,22,24)/t16-/m1/s1. The molecule has 5 heteroatoms. The lowest BCUT2D eigenvalue weighted by molar-refractivity contribution is -0.138. The second-order valence-corrected chi connectivity index (χ2v) is 7.16. The maximum atomic E-state index is 12.5. The van der Waals surface area contributed by atoms with Crippen LogP contribution in [0.1, 0.15) is 37.8 Å². The van der Waals surface area contributed by atoms with Crippen LogP contribution in [0.5, 0.6) is 0 Å². The number of anilines is 2. The summed E-state index contributed by atoms with van der Waals surface area (Å²) in [6.45, 7) is 6.29. The maximum absolute atomic E-state index is 12.5. The van der Waals surface area contributed by atoms with E-state index in [0.717, 1.165) is 5.56 Å². The highest BCUT2D eigenvalue weighted by molar-refractivity contribution is 6.47. The van der Waals surface area contributed by atoms with E-state index in [1.807, 2.05) is 12.1 Å². The molecule has 0 unspecified atom stereocenters. The predicted octanol–water partition coefficient (Wildman–Crippen LogP) is 3.23. The SMILES string of the molecule is CC(C)(C)c1ccc(NC(=O)C(=O)[C@@H]2C(=O)Nc3ccccc32)cc1. The van der Waals surface area contributed by atoms with E-state index in [2.05, 4.69) is 31.4 Å². The molecule has 0 bridgehead atoms. The van der Waals surface area contributed by atoms with Gasteiger partial charge in [-0.3, -0.25) is 14.4 Å². The van der Waals surface area contributed by atoms with Crippen molar-refractivity contribution in [1.82, 2.24) is 0 Å². The number of hydrogen-bond donors (Lipinski definition) is 2. The molecule has 2 N–H and O–H groups in total. The highest BCUT2D eigenvalue weighted by atomic mass is 16.2. The summed E-state index contributed by atoms with van der Waals surface area (Å²) in [6, 6.07) is 14.2. The van der Waals surface area contributed by atoms with Crippen LogP contribution in [0.2, 0.25) is 0 Å². The van der Waals surface area contributed by atoms with E-state index in [-0.39, 0.29) is 5.41 Å². The molecule has 0 saturated carbocycles. The summed E-state index contributed by atoms with van der Waals surface area (Å²) in [7, 11) is 0. The molecule has 0 saturated heterocycles. The number of carbonyl (C=O) groups is 3. The highest BCUT2D eigenvalue weighted by Gasteiger charge is 2.39. The van der Waals surface area contributed by atoms with Gasteiger partial charge in [0.1, 0.15) is 5.92 Å². The van der Waals surface area contributed by atoms with Gasteiger partial charge in [0.05, 0.1) is 0 Å². The Morgan fingerprint density at radius 2 is 1.64 bits per heavy atom. The zero-order valence-electron chi connectivity index (χ0n) is 14.4. The summed E-state index contributed by atoms with van der Waals surface area (Å²) in [5.41, 5.74) is 2.77. The number of Topliss-reactive ketones (excluding diaryl/α,β-unsaturated/α-hetero) is 1. The average Bonchev–Trinajstić information content (AvgIpc) is 2.89. The number of para-hydroxylation sites is 1. The maximum Gasteiger partial charge on any atom is 0.292 e. The van der Waals surface area contributed by atoms with Crippen LogP contribution in [-0.4, -0.2) is 17.6 Å². The molecule has 5 nitrogen and oxygen atoms in total. The zero-order chi connectivity index (χ0) is 18.2. The molecule has 2 amide bonds. The van der Waals surface area contributed by atoms with Crippen LogP contribution in [0.15, 0.2) is 48.5 Å². The second kappa shape index (κ2) is 6.16. The van der Waals surface area contributed by atoms with Gasteiger partial charge in [-0.2, -0.15) is 0 Å². The molecule has 1 aliphatic heterocycles. The molecule has 2 aromatic carbocycles. The topological polar surface area (TPSA) is 75.3 Å². The van der Waals surface area contributed by atoms with Crippen molar-refractivity contribution in [1.29, 1.82) is 0 Å². The third kappa shape index (κ3) is 3.31. The monoisotopic (exact) mass is 336 g/mol. The van der Waals surface area contributed by atoms with E-state index < -0.39 is 23.5 Å². The van der Waals surface area contributed by atoms with Crippen molar-refractivity contribution < 1.29 is 14.4 Å². The first-order valence-corrected chi connectivity index (χ1v) is 8.13. The number of benzene rings is 2. The van der Waals surface area contributed by atoms with Crippen LogP contribution >= 0.6 is 0 Å². The third-order valence-corrected chi connectivity index (χ3v) is 4.29. The predicted molar refractivity (Wildman–Crippen MR) is 96.6 cm³/mol. The Balaban J connectivity index is 1.76. The third-order valence-electron chi connectivity index (χ3n) is 4.29. The largest absolute Gasteiger partial charge is 0.325 e. The van der Waals surface area contributed by atoms with E-state index >= 15 is 0 Å². The molecule has 0 spiro atoms. The summed E-state index contributed by atoms with van der Waals surface area (Å²) in [5, 5.41) is 5.21. The van der Waals surface area contributed by atoms with Gasteiger partial charge >= 0.3 is 0 Å². The Morgan fingerprint density at radius 3 is 2.28 bits per heavy atom. The number of amides is 2. The van der Waals surface area contributed by atoms with Gasteiger partial charge in [-0.25, -0.2) is 0 Å². The van der Waals surface area contributed by atoms with Crippen LogP contribution in [-0.2, 0) is 19.8 Å². The molecule has 2 aromatic rings. The molecule has 25 heavy (non-hydrogen) atoms. The molecule has 0 aliphatic carbocycles. The van der Waals surface area contributed by atoms with Crippen LogP contribution in [0.3, 0.4) is 0 Å². The Bertz CT molecular complexity index is 848. The Labute approximate surface area is 146 Å². The van der Waals surface area contributed by atoms with Crippen LogP contribution in [0.25, 0.3) is 0 Å². The van der Waals surface area contributed by atoms with Gasteiger partial charge in [0.15, 0.2) is 0 Å². The van der Waals surface area contributed by atoms with Crippen molar-refractivity contribution in [2.45, 2.75) is 32.1 Å². The molecule has 1 heterocycles. The van der Waals surface area contributed by atoms with E-state index in [9.17, 15) is 14.4 Å². The summed E-state index contributed by atoms with van der Waals surface area (Å²) in [5.74, 6) is -3.11. The van der Waals surface area contributed by atoms with Crippen LogP contribution in [0.4, 0.5) is 11.4 Å². The minimum absolute atomic E-state index is 0.00397. The first-order chi connectivity index (χ1) is 11.8. The van der Waals surface area contributed by atoms with Gasteiger partial charge in [-0.15, -0.1) is 0 Å². The van der Waals surface area contributed by atoms with E-state index in [1.165, 1.54) is 0 Å². The van der Waals surface area contributed by atoms with Crippen molar-refractivity contribution >= 4 is 29.0 Å². The van der Waals surface area contributed by atoms with Gasteiger partial charge < -0.3 is 10.6 Å². The molecule has 0 aromatic heterocycles. The van der Waals surface area contributed by atoms with Crippen molar-refractivity contribution in [3.8, 4) is 0 Å². The molecule has 1 aliphatic rings. The van der Waals surface area contributed by atoms with E-state index in [0.29, 0.717) is 16.9 Å². The lowest BCUT2D eigenvalue weighted by Crippen LogP contribution is -2.31. The number of ketones is 1. The highest BCUT2D eigenvalue weighted by Crippen LogP contribution is 2.33. The molecular weight excluding hydrogens is 316 g/mol. The molecular formula is C20H20N2O3.